The minimum absolute atomic E-state index is 0.0933. The molecule has 0 aliphatic heterocycles. The van der Waals surface area contributed by atoms with Crippen LogP contribution in [-0.4, -0.2) is 22.1 Å². The van der Waals surface area contributed by atoms with Gasteiger partial charge in [-0.05, 0) is 36.8 Å². The van der Waals surface area contributed by atoms with Crippen molar-refractivity contribution in [2.75, 3.05) is 6.54 Å². The maximum absolute atomic E-state index is 12.8. The summed E-state index contributed by atoms with van der Waals surface area (Å²) in [6.07, 6.45) is 2.76. The van der Waals surface area contributed by atoms with Gasteiger partial charge in [0.05, 0.1) is 6.10 Å². The molecule has 1 heterocycles. The lowest BCUT2D eigenvalue weighted by molar-refractivity contribution is -0.124. The Bertz CT molecular complexity index is 552. The number of aromatic nitrogens is 1. The molecule has 1 aromatic carbocycles. The number of rotatable bonds is 5. The van der Waals surface area contributed by atoms with E-state index in [0.29, 0.717) is 5.56 Å². The van der Waals surface area contributed by atoms with Crippen molar-refractivity contribution >= 4 is 5.91 Å². The Kier molecular flexibility index (Phi) is 4.53. The summed E-state index contributed by atoms with van der Waals surface area (Å²) in [6.45, 7) is 1.87. The summed E-state index contributed by atoms with van der Waals surface area (Å²) < 4.78 is 14.6. The average molecular weight is 276 g/mol. The Hall–Kier alpha value is -2.14. The summed E-state index contributed by atoms with van der Waals surface area (Å²) >= 11 is 0. The first-order chi connectivity index (χ1) is 9.58. The Morgan fingerprint density at radius 3 is 2.50 bits per heavy atom. The van der Waals surface area contributed by atoms with Crippen molar-refractivity contribution in [1.82, 2.24) is 9.88 Å². The van der Waals surface area contributed by atoms with Gasteiger partial charge in [-0.25, -0.2) is 4.39 Å². The third-order valence-electron chi connectivity index (χ3n) is 3.18. The van der Waals surface area contributed by atoms with Crippen LogP contribution in [0, 0.1) is 5.82 Å². The normalized spacial score (nSPS) is 13.8. The fourth-order valence-electron chi connectivity index (χ4n) is 1.89. The fraction of sp³-hybridized carbons (Fsp3) is 0.267. The van der Waals surface area contributed by atoms with Gasteiger partial charge in [0.25, 0.3) is 0 Å². The molecule has 0 spiro atoms. The number of nitrogens with one attached hydrogen (secondary N) is 1. The van der Waals surface area contributed by atoms with E-state index in [9.17, 15) is 14.3 Å². The molecule has 2 aromatic rings. The highest BCUT2D eigenvalue weighted by Crippen LogP contribution is 2.13. The summed E-state index contributed by atoms with van der Waals surface area (Å²) in [4.78, 5) is 11.9. The van der Waals surface area contributed by atoms with E-state index in [2.05, 4.69) is 5.32 Å². The van der Waals surface area contributed by atoms with Crippen LogP contribution in [0.2, 0.25) is 0 Å². The van der Waals surface area contributed by atoms with Gasteiger partial charge in [0.1, 0.15) is 11.9 Å². The van der Waals surface area contributed by atoms with E-state index < -0.39 is 6.10 Å². The molecule has 0 aliphatic rings. The molecule has 0 radical (unpaired) electrons. The average Bonchev–Trinajstić information content (AvgIpc) is 2.98. The van der Waals surface area contributed by atoms with Gasteiger partial charge in [0.15, 0.2) is 0 Å². The maximum atomic E-state index is 12.8. The van der Waals surface area contributed by atoms with Crippen molar-refractivity contribution in [1.29, 1.82) is 0 Å². The van der Waals surface area contributed by atoms with Crippen molar-refractivity contribution in [2.45, 2.75) is 19.1 Å². The molecule has 2 N–H and O–H groups in total. The first-order valence-electron chi connectivity index (χ1n) is 6.41. The number of hydrogen-bond donors (Lipinski definition) is 2. The third kappa shape index (κ3) is 3.45. The molecule has 0 aliphatic carbocycles. The molecule has 4 nitrogen and oxygen atoms in total. The van der Waals surface area contributed by atoms with Gasteiger partial charge in [0, 0.05) is 18.9 Å². The van der Waals surface area contributed by atoms with E-state index in [1.165, 1.54) is 24.3 Å². The van der Waals surface area contributed by atoms with Gasteiger partial charge < -0.3 is 15.0 Å². The first kappa shape index (κ1) is 14.3. The zero-order chi connectivity index (χ0) is 14.5. The molecule has 0 fully saturated rings. The maximum Gasteiger partial charge on any atom is 0.242 e. The van der Waals surface area contributed by atoms with Crippen LogP contribution in [0.3, 0.4) is 0 Å². The highest BCUT2D eigenvalue weighted by Gasteiger charge is 2.15. The number of nitrogens with zero attached hydrogens (tertiary/aromatic N) is 1. The minimum atomic E-state index is -0.851. The fourth-order valence-corrected chi connectivity index (χ4v) is 1.89. The standard InChI is InChI=1S/C15H17FN2O2/c1-11(18-8-2-3-9-18)15(20)17-10-14(19)12-4-6-13(16)7-5-12/h2-9,11,14,19H,10H2,1H3,(H,17,20). The molecule has 2 unspecified atom stereocenters. The minimum Gasteiger partial charge on any atom is -0.387 e. The van der Waals surface area contributed by atoms with Gasteiger partial charge in [-0.1, -0.05) is 12.1 Å². The van der Waals surface area contributed by atoms with Crippen LogP contribution in [0.25, 0.3) is 0 Å². The number of carbonyl (C=O) groups is 1. The monoisotopic (exact) mass is 276 g/mol. The van der Waals surface area contributed by atoms with E-state index in [-0.39, 0.29) is 24.3 Å². The number of halogens is 1. The second-order valence-electron chi connectivity index (χ2n) is 4.62. The molecule has 0 saturated heterocycles. The molecule has 2 atom stereocenters. The van der Waals surface area contributed by atoms with Crippen LogP contribution >= 0.6 is 0 Å². The molecule has 0 bridgehead atoms. The number of amides is 1. The van der Waals surface area contributed by atoms with E-state index in [0.717, 1.165) is 0 Å². The van der Waals surface area contributed by atoms with Crippen LogP contribution < -0.4 is 5.32 Å². The summed E-state index contributed by atoms with van der Waals surface area (Å²) in [5.41, 5.74) is 0.570. The quantitative estimate of drug-likeness (QED) is 0.878. The number of hydrogen-bond acceptors (Lipinski definition) is 2. The molecule has 20 heavy (non-hydrogen) atoms. The number of carbonyl (C=O) groups excluding carboxylic acids is 1. The molecule has 106 valence electrons. The SMILES string of the molecule is CC(C(=O)NCC(O)c1ccc(F)cc1)n1cccc1. The van der Waals surface area contributed by atoms with Gasteiger partial charge in [-0.3, -0.25) is 4.79 Å². The summed E-state index contributed by atoms with van der Waals surface area (Å²) in [6, 6.07) is 8.91. The van der Waals surface area contributed by atoms with Crippen molar-refractivity contribution in [2.24, 2.45) is 0 Å². The van der Waals surface area contributed by atoms with E-state index in [1.54, 1.807) is 23.9 Å². The largest absolute Gasteiger partial charge is 0.387 e. The molecule has 1 amide bonds. The van der Waals surface area contributed by atoms with E-state index in [4.69, 9.17) is 0 Å². The molecule has 2 rings (SSSR count). The number of benzene rings is 1. The highest BCUT2D eigenvalue weighted by molar-refractivity contribution is 5.79. The number of aliphatic hydroxyl groups excluding tert-OH is 1. The van der Waals surface area contributed by atoms with Gasteiger partial charge >= 0.3 is 0 Å². The van der Waals surface area contributed by atoms with Crippen molar-refractivity contribution < 1.29 is 14.3 Å². The zero-order valence-corrected chi connectivity index (χ0v) is 11.2. The van der Waals surface area contributed by atoms with Crippen LogP contribution in [0.5, 0.6) is 0 Å². The molecular formula is C15H17FN2O2. The van der Waals surface area contributed by atoms with E-state index in [1.807, 2.05) is 12.1 Å². The second-order valence-corrected chi connectivity index (χ2v) is 4.62. The highest BCUT2D eigenvalue weighted by atomic mass is 19.1. The topological polar surface area (TPSA) is 54.3 Å². The van der Waals surface area contributed by atoms with E-state index >= 15 is 0 Å². The van der Waals surface area contributed by atoms with Gasteiger partial charge in [-0.2, -0.15) is 0 Å². The van der Waals surface area contributed by atoms with Crippen LogP contribution in [-0.2, 0) is 4.79 Å². The Morgan fingerprint density at radius 2 is 1.90 bits per heavy atom. The Balaban J connectivity index is 1.88. The molecule has 5 heteroatoms. The lowest BCUT2D eigenvalue weighted by Gasteiger charge is -2.16. The number of aliphatic hydroxyl groups is 1. The summed E-state index contributed by atoms with van der Waals surface area (Å²) in [7, 11) is 0. The lowest BCUT2D eigenvalue weighted by Crippen LogP contribution is -2.33. The lowest BCUT2D eigenvalue weighted by atomic mass is 10.1. The van der Waals surface area contributed by atoms with Crippen LogP contribution in [0.15, 0.2) is 48.8 Å². The summed E-state index contributed by atoms with van der Waals surface area (Å²) in [5.74, 6) is -0.534. The molecule has 0 saturated carbocycles. The van der Waals surface area contributed by atoms with Crippen molar-refractivity contribution in [3.05, 3.63) is 60.2 Å². The van der Waals surface area contributed by atoms with Gasteiger partial charge in [-0.15, -0.1) is 0 Å². The Morgan fingerprint density at radius 1 is 1.30 bits per heavy atom. The zero-order valence-electron chi connectivity index (χ0n) is 11.2. The van der Waals surface area contributed by atoms with Crippen molar-refractivity contribution in [3.8, 4) is 0 Å². The molecule has 1 aromatic heterocycles. The van der Waals surface area contributed by atoms with Crippen molar-refractivity contribution in [3.63, 3.8) is 0 Å². The molecular weight excluding hydrogens is 259 g/mol. The Labute approximate surface area is 116 Å². The predicted octanol–water partition coefficient (Wildman–Crippen LogP) is 2.04. The third-order valence-corrected chi connectivity index (χ3v) is 3.18. The smallest absolute Gasteiger partial charge is 0.242 e. The summed E-state index contributed by atoms with van der Waals surface area (Å²) in [5, 5.41) is 12.6. The second kappa shape index (κ2) is 6.34. The first-order valence-corrected chi connectivity index (χ1v) is 6.41. The predicted molar refractivity (Wildman–Crippen MR) is 73.5 cm³/mol. The van der Waals surface area contributed by atoms with Crippen LogP contribution in [0.4, 0.5) is 4.39 Å². The van der Waals surface area contributed by atoms with Gasteiger partial charge in [0.2, 0.25) is 5.91 Å². The van der Waals surface area contributed by atoms with Crippen LogP contribution in [0.1, 0.15) is 24.6 Å².